The number of nitrogens with one attached hydrogen (secondary N) is 2. The number of halogens is 3. The van der Waals surface area contributed by atoms with E-state index in [0.717, 1.165) is 5.01 Å². The summed E-state index contributed by atoms with van der Waals surface area (Å²) in [4.78, 5) is 47.3. The van der Waals surface area contributed by atoms with E-state index in [0.29, 0.717) is 16.3 Å². The number of rotatable bonds is 14. The highest BCUT2D eigenvalue weighted by Gasteiger charge is 2.28. The Labute approximate surface area is 251 Å². The molecular weight excluding hydrogens is 613 g/mol. The highest BCUT2D eigenvalue weighted by atomic mass is 35.5. The molecule has 12 nitrogen and oxygen atoms in total. The summed E-state index contributed by atoms with van der Waals surface area (Å²) in [5.74, 6) is -1.49. The van der Waals surface area contributed by atoms with Gasteiger partial charge in [-0.05, 0) is 41.3 Å². The number of amides is 2. The number of pyridine rings is 1. The van der Waals surface area contributed by atoms with Crippen LogP contribution in [0.5, 0.6) is 0 Å². The van der Waals surface area contributed by atoms with Crippen LogP contribution in [0.3, 0.4) is 0 Å². The van der Waals surface area contributed by atoms with Gasteiger partial charge in [0.1, 0.15) is 30.1 Å². The van der Waals surface area contributed by atoms with E-state index in [4.69, 9.17) is 30.9 Å². The van der Waals surface area contributed by atoms with Crippen LogP contribution >= 0.6 is 19.4 Å². The Kier molecular flexibility index (Phi) is 11.9. The quantitative estimate of drug-likeness (QED) is 0.142. The van der Waals surface area contributed by atoms with Crippen molar-refractivity contribution < 1.29 is 46.7 Å². The number of hydrazine groups is 1. The molecule has 0 saturated heterocycles. The number of aromatic nitrogens is 1. The van der Waals surface area contributed by atoms with Gasteiger partial charge in [0, 0.05) is 30.5 Å². The molecule has 1 aromatic heterocycles. The smallest absolute Gasteiger partial charge is 0.447 e. The summed E-state index contributed by atoms with van der Waals surface area (Å²) >= 11 is 6.04. The maximum absolute atomic E-state index is 13.9. The Morgan fingerprint density at radius 2 is 1.86 bits per heavy atom. The fourth-order valence-electron chi connectivity index (χ4n) is 3.81. The fourth-order valence-corrected chi connectivity index (χ4v) is 4.52. The lowest BCUT2D eigenvalue weighted by Crippen LogP contribution is -2.52. The van der Waals surface area contributed by atoms with E-state index < -0.39 is 42.9 Å². The van der Waals surface area contributed by atoms with Crippen LogP contribution in [0.4, 0.5) is 19.4 Å². The maximum Gasteiger partial charge on any atom is 0.469 e. The van der Waals surface area contributed by atoms with Crippen molar-refractivity contribution in [2.45, 2.75) is 33.4 Å². The third kappa shape index (κ3) is 11.1. The van der Waals surface area contributed by atoms with Crippen molar-refractivity contribution in [2.24, 2.45) is 5.41 Å². The summed E-state index contributed by atoms with van der Waals surface area (Å²) in [7, 11) is -4.70. The number of hydrogen-bond donors (Lipinski definition) is 4. The SMILES string of the molecule is CC(=O)N(NCc1cccc(F)c1Cl)[C@@H](COCC(C)(C)COP(=O)(O)O)COC(=O)Nc1cc2cc(F)ccc2cn1. The molecular formula is C27H32ClF2N4O8P. The second-order valence-corrected chi connectivity index (χ2v) is 11.9. The predicted molar refractivity (Wildman–Crippen MR) is 154 cm³/mol. The zero-order chi connectivity index (χ0) is 31.8. The molecule has 234 valence electrons. The van der Waals surface area contributed by atoms with Crippen molar-refractivity contribution in [3.63, 3.8) is 0 Å². The Hall–Kier alpha value is -3.23. The van der Waals surface area contributed by atoms with Gasteiger partial charge in [0.05, 0.1) is 24.8 Å². The number of anilines is 1. The number of nitrogens with zero attached hydrogens (tertiary/aromatic N) is 2. The Morgan fingerprint density at radius 3 is 2.56 bits per heavy atom. The van der Waals surface area contributed by atoms with Crippen LogP contribution < -0.4 is 10.7 Å². The van der Waals surface area contributed by atoms with Gasteiger partial charge in [-0.3, -0.25) is 19.6 Å². The number of hydrogen-bond acceptors (Lipinski definition) is 8. The van der Waals surface area contributed by atoms with E-state index in [-0.39, 0.29) is 43.8 Å². The Bertz CT molecular complexity index is 1490. The number of carbonyl (C=O) groups excluding carboxylic acids is 2. The average Bonchev–Trinajstić information content (AvgIpc) is 2.91. The second-order valence-electron chi connectivity index (χ2n) is 10.3. The van der Waals surface area contributed by atoms with Crippen LogP contribution in [-0.2, 0) is 29.9 Å². The first-order valence-electron chi connectivity index (χ1n) is 12.9. The van der Waals surface area contributed by atoms with Gasteiger partial charge in [-0.1, -0.05) is 37.6 Å². The van der Waals surface area contributed by atoms with Crippen LogP contribution in [0, 0.1) is 17.0 Å². The third-order valence-corrected chi connectivity index (χ3v) is 6.81. The largest absolute Gasteiger partial charge is 0.469 e. The molecule has 2 amide bonds. The molecule has 0 fully saturated rings. The lowest BCUT2D eigenvalue weighted by molar-refractivity contribution is -0.139. The van der Waals surface area contributed by atoms with E-state index in [1.807, 2.05) is 0 Å². The minimum absolute atomic E-state index is 0.0469. The van der Waals surface area contributed by atoms with E-state index in [9.17, 15) is 22.9 Å². The third-order valence-electron chi connectivity index (χ3n) is 5.92. The number of carbonyl (C=O) groups is 2. The molecule has 3 aromatic rings. The van der Waals surface area contributed by atoms with Crippen LogP contribution in [0.15, 0.2) is 48.7 Å². The van der Waals surface area contributed by atoms with Crippen LogP contribution in [0.1, 0.15) is 26.3 Å². The first kappa shape index (κ1) is 34.3. The molecule has 0 unspecified atom stereocenters. The van der Waals surface area contributed by atoms with Crippen LogP contribution in [-0.4, -0.2) is 64.2 Å². The number of phosphoric ester groups is 1. The van der Waals surface area contributed by atoms with Gasteiger partial charge in [-0.2, -0.15) is 0 Å². The zero-order valence-corrected chi connectivity index (χ0v) is 25.2. The van der Waals surface area contributed by atoms with Gasteiger partial charge in [0.25, 0.3) is 0 Å². The first-order chi connectivity index (χ1) is 20.1. The van der Waals surface area contributed by atoms with Crippen molar-refractivity contribution in [1.29, 1.82) is 0 Å². The summed E-state index contributed by atoms with van der Waals surface area (Å²) in [5, 5.41) is 4.63. The van der Waals surface area contributed by atoms with Crippen LogP contribution in [0.2, 0.25) is 5.02 Å². The maximum atomic E-state index is 13.9. The van der Waals surface area contributed by atoms with Crippen molar-refractivity contribution in [3.05, 3.63) is 70.9 Å². The Balaban J connectivity index is 1.70. The summed E-state index contributed by atoms with van der Waals surface area (Å²) in [6.45, 7) is 3.56. The van der Waals surface area contributed by atoms with Crippen LogP contribution in [0.25, 0.3) is 10.8 Å². The molecule has 0 aliphatic carbocycles. The molecule has 4 N–H and O–H groups in total. The summed E-state index contributed by atoms with van der Waals surface area (Å²) < 4.78 is 54.3. The van der Waals surface area contributed by atoms with Gasteiger partial charge in [-0.25, -0.2) is 28.6 Å². The molecule has 0 aliphatic heterocycles. The van der Waals surface area contributed by atoms with E-state index in [1.54, 1.807) is 26.0 Å². The number of ether oxygens (including phenoxy) is 2. The highest BCUT2D eigenvalue weighted by Crippen LogP contribution is 2.38. The van der Waals surface area contributed by atoms with Crippen molar-refractivity contribution in [3.8, 4) is 0 Å². The topological polar surface area (TPSA) is 160 Å². The number of fused-ring (bicyclic) bond motifs is 1. The highest BCUT2D eigenvalue weighted by molar-refractivity contribution is 7.46. The molecule has 0 aliphatic rings. The first-order valence-corrected chi connectivity index (χ1v) is 14.8. The standard InChI is InChI=1S/C27H32ClF2N4O8P/c1-17(35)34(32-12-19-5-4-6-23(30)25(19)28)22(13-40-15-27(2,3)16-42-43(37,38)39)14-41-26(36)33-24-10-20-9-21(29)8-7-18(20)11-31-24/h4-11,22,32H,12-16H2,1-3H3,(H,31,33,36)(H2,37,38,39)/t22-/m0/s1. The number of phosphoric acid groups is 1. The molecule has 16 heteroatoms. The normalized spacial score (nSPS) is 12.7. The van der Waals surface area contributed by atoms with Crippen molar-refractivity contribution in [2.75, 3.05) is 31.7 Å². The number of benzene rings is 2. The summed E-state index contributed by atoms with van der Waals surface area (Å²) in [5.41, 5.74) is 2.38. The van der Waals surface area contributed by atoms with Gasteiger partial charge >= 0.3 is 13.9 Å². The lowest BCUT2D eigenvalue weighted by Gasteiger charge is -2.32. The minimum atomic E-state index is -4.70. The van der Waals surface area contributed by atoms with E-state index in [2.05, 4.69) is 20.3 Å². The summed E-state index contributed by atoms with van der Waals surface area (Å²) in [6, 6.07) is 8.88. The van der Waals surface area contributed by atoms with Gasteiger partial charge in [0.15, 0.2) is 0 Å². The Morgan fingerprint density at radius 1 is 1.12 bits per heavy atom. The molecule has 0 spiro atoms. The van der Waals surface area contributed by atoms with E-state index >= 15 is 0 Å². The molecule has 1 atom stereocenters. The van der Waals surface area contributed by atoms with E-state index in [1.165, 1.54) is 43.5 Å². The molecule has 2 aromatic carbocycles. The molecule has 3 rings (SSSR count). The molecule has 1 heterocycles. The second kappa shape index (κ2) is 15.0. The van der Waals surface area contributed by atoms with Crippen molar-refractivity contribution >= 4 is 48.0 Å². The molecule has 0 saturated carbocycles. The molecule has 0 bridgehead atoms. The zero-order valence-electron chi connectivity index (χ0n) is 23.6. The average molecular weight is 645 g/mol. The summed E-state index contributed by atoms with van der Waals surface area (Å²) in [6.07, 6.45) is 0.540. The molecule has 0 radical (unpaired) electrons. The van der Waals surface area contributed by atoms with Gasteiger partial charge in [-0.15, -0.1) is 0 Å². The predicted octanol–water partition coefficient (Wildman–Crippen LogP) is 4.79. The minimum Gasteiger partial charge on any atom is -0.447 e. The lowest BCUT2D eigenvalue weighted by atomic mass is 9.96. The van der Waals surface area contributed by atoms with Crippen molar-refractivity contribution in [1.82, 2.24) is 15.4 Å². The van der Waals surface area contributed by atoms with Gasteiger partial charge < -0.3 is 19.3 Å². The molecule has 43 heavy (non-hydrogen) atoms. The monoisotopic (exact) mass is 644 g/mol. The van der Waals surface area contributed by atoms with Gasteiger partial charge in [0.2, 0.25) is 5.91 Å². The fraction of sp³-hybridized carbons (Fsp3) is 0.370.